The van der Waals surface area contributed by atoms with E-state index in [1.54, 1.807) is 0 Å². The molecule has 0 heterocycles. The van der Waals surface area contributed by atoms with Gasteiger partial charge in [-0.15, -0.1) is 12.4 Å². The smallest absolute Gasteiger partial charge is 0.220 e. The van der Waals surface area contributed by atoms with E-state index in [1.165, 1.54) is 32.1 Å². The van der Waals surface area contributed by atoms with E-state index in [2.05, 4.69) is 5.32 Å². The largest absolute Gasteiger partial charge is 0.379 e. The lowest BCUT2D eigenvalue weighted by Gasteiger charge is -2.35. The van der Waals surface area contributed by atoms with Crippen molar-refractivity contribution in [3.05, 3.63) is 0 Å². The molecule has 1 amide bonds. The van der Waals surface area contributed by atoms with Crippen molar-refractivity contribution in [2.45, 2.75) is 51.4 Å². The number of hydrogen-bond acceptors (Lipinski definition) is 3. The molecule has 0 radical (unpaired) electrons. The van der Waals surface area contributed by atoms with Gasteiger partial charge in [0.15, 0.2) is 0 Å². The molecule has 0 spiro atoms. The van der Waals surface area contributed by atoms with Crippen molar-refractivity contribution in [1.82, 2.24) is 5.32 Å². The molecule has 2 aliphatic carbocycles. The van der Waals surface area contributed by atoms with E-state index in [0.717, 1.165) is 25.4 Å². The highest BCUT2D eigenvalue weighted by Gasteiger charge is 2.32. The van der Waals surface area contributed by atoms with Gasteiger partial charge in [0.25, 0.3) is 0 Å². The summed E-state index contributed by atoms with van der Waals surface area (Å²) in [6.45, 7) is 2.77. The lowest BCUT2D eigenvalue weighted by atomic mass is 9.72. The number of rotatable bonds is 8. The first kappa shape index (κ1) is 17.7. The van der Waals surface area contributed by atoms with Crippen LogP contribution in [-0.4, -0.2) is 32.2 Å². The Morgan fingerprint density at radius 2 is 1.95 bits per heavy atom. The van der Waals surface area contributed by atoms with Gasteiger partial charge in [0.05, 0.1) is 6.61 Å². The fourth-order valence-electron chi connectivity index (χ4n) is 2.96. The van der Waals surface area contributed by atoms with E-state index in [-0.39, 0.29) is 23.7 Å². The Hall–Kier alpha value is -0.320. The van der Waals surface area contributed by atoms with Crippen molar-refractivity contribution in [2.75, 3.05) is 26.3 Å². The maximum atomic E-state index is 12.0. The Balaban J connectivity index is 0.00000200. The van der Waals surface area contributed by atoms with Crippen molar-refractivity contribution in [1.29, 1.82) is 0 Å². The number of hydrogen-bond donors (Lipinski definition) is 2. The van der Waals surface area contributed by atoms with Crippen LogP contribution in [0.1, 0.15) is 51.4 Å². The summed E-state index contributed by atoms with van der Waals surface area (Å²) in [5.41, 5.74) is 5.97. The average molecular weight is 305 g/mol. The van der Waals surface area contributed by atoms with Gasteiger partial charge in [-0.25, -0.2) is 0 Å². The molecule has 3 N–H and O–H groups in total. The molecule has 118 valence electrons. The molecule has 2 saturated carbocycles. The quantitative estimate of drug-likeness (QED) is 0.676. The van der Waals surface area contributed by atoms with Gasteiger partial charge in [-0.05, 0) is 43.6 Å². The molecule has 20 heavy (non-hydrogen) atoms. The Kier molecular flexibility index (Phi) is 7.85. The number of carbonyl (C=O) groups excluding carboxylic acids is 1. The summed E-state index contributed by atoms with van der Waals surface area (Å²) in [4.78, 5) is 12.0. The van der Waals surface area contributed by atoms with Crippen LogP contribution in [0.3, 0.4) is 0 Å². The van der Waals surface area contributed by atoms with E-state index in [9.17, 15) is 4.79 Å². The second kappa shape index (κ2) is 8.85. The minimum Gasteiger partial charge on any atom is -0.379 e. The molecule has 2 aliphatic rings. The number of amides is 1. The Morgan fingerprint density at radius 3 is 2.55 bits per heavy atom. The van der Waals surface area contributed by atoms with Crippen LogP contribution in [0.25, 0.3) is 0 Å². The number of carbonyl (C=O) groups is 1. The molecular weight excluding hydrogens is 276 g/mol. The fraction of sp³-hybridized carbons (Fsp3) is 0.933. The zero-order valence-corrected chi connectivity index (χ0v) is 13.2. The van der Waals surface area contributed by atoms with E-state index in [4.69, 9.17) is 10.5 Å². The molecule has 0 aliphatic heterocycles. The second-order valence-electron chi connectivity index (χ2n) is 6.31. The zero-order chi connectivity index (χ0) is 13.6. The highest BCUT2D eigenvalue weighted by atomic mass is 35.5. The standard InChI is InChI=1S/C15H28N2O2.ClH/c16-12-15(6-2-1-3-7-15)10-14(18)17-8-9-19-11-13-4-5-13;/h13H,1-12,16H2,(H,17,18);1H. The van der Waals surface area contributed by atoms with Crippen molar-refractivity contribution in [3.63, 3.8) is 0 Å². The first-order valence-corrected chi connectivity index (χ1v) is 7.79. The van der Waals surface area contributed by atoms with E-state index >= 15 is 0 Å². The van der Waals surface area contributed by atoms with Crippen LogP contribution < -0.4 is 11.1 Å². The third-order valence-electron chi connectivity index (χ3n) is 4.50. The van der Waals surface area contributed by atoms with Gasteiger partial charge in [-0.3, -0.25) is 4.79 Å². The SMILES string of the molecule is Cl.NCC1(CC(=O)NCCOCC2CC2)CCCCC1. The van der Waals surface area contributed by atoms with Crippen LogP contribution >= 0.6 is 12.4 Å². The number of nitrogens with one attached hydrogen (secondary N) is 1. The third-order valence-corrected chi connectivity index (χ3v) is 4.50. The molecule has 2 fully saturated rings. The van der Waals surface area contributed by atoms with Crippen LogP contribution in [0.15, 0.2) is 0 Å². The van der Waals surface area contributed by atoms with Gasteiger partial charge in [0, 0.05) is 19.6 Å². The highest BCUT2D eigenvalue weighted by Crippen LogP contribution is 2.38. The molecule has 2 rings (SSSR count). The normalized spacial score (nSPS) is 21.1. The molecule has 0 atom stereocenters. The summed E-state index contributed by atoms with van der Waals surface area (Å²) in [7, 11) is 0. The van der Waals surface area contributed by atoms with Crippen LogP contribution in [0.4, 0.5) is 0 Å². The zero-order valence-electron chi connectivity index (χ0n) is 12.4. The summed E-state index contributed by atoms with van der Waals surface area (Å²) in [5.74, 6) is 0.931. The Labute approximate surface area is 128 Å². The molecule has 4 nitrogen and oxygen atoms in total. The van der Waals surface area contributed by atoms with Crippen LogP contribution in [-0.2, 0) is 9.53 Å². The van der Waals surface area contributed by atoms with E-state index in [1.807, 2.05) is 0 Å². The predicted molar refractivity (Wildman–Crippen MR) is 83.0 cm³/mol. The van der Waals surface area contributed by atoms with E-state index < -0.39 is 0 Å². The van der Waals surface area contributed by atoms with Crippen LogP contribution in [0, 0.1) is 11.3 Å². The number of halogens is 1. The van der Waals surface area contributed by atoms with Crippen LogP contribution in [0.2, 0.25) is 0 Å². The molecule has 0 aromatic heterocycles. The third kappa shape index (κ3) is 5.98. The topological polar surface area (TPSA) is 64.4 Å². The number of nitrogens with two attached hydrogens (primary N) is 1. The summed E-state index contributed by atoms with van der Waals surface area (Å²) in [5, 5.41) is 2.96. The first-order valence-electron chi connectivity index (χ1n) is 7.79. The summed E-state index contributed by atoms with van der Waals surface area (Å²) < 4.78 is 5.51. The minimum atomic E-state index is 0. The Morgan fingerprint density at radius 1 is 1.25 bits per heavy atom. The highest BCUT2D eigenvalue weighted by molar-refractivity contribution is 5.85. The average Bonchev–Trinajstić information content (AvgIpc) is 3.23. The van der Waals surface area contributed by atoms with Crippen molar-refractivity contribution < 1.29 is 9.53 Å². The minimum absolute atomic E-state index is 0. The monoisotopic (exact) mass is 304 g/mol. The van der Waals surface area contributed by atoms with Gasteiger partial charge in [-0.1, -0.05) is 19.3 Å². The molecule has 0 saturated heterocycles. The molecular formula is C15H29ClN2O2. The molecule has 0 unspecified atom stereocenters. The number of ether oxygens (including phenoxy) is 1. The molecule has 0 bridgehead atoms. The fourth-order valence-corrected chi connectivity index (χ4v) is 2.96. The predicted octanol–water partition coefficient (Wildman–Crippen LogP) is 2.25. The maximum absolute atomic E-state index is 12.0. The van der Waals surface area contributed by atoms with Gasteiger partial charge >= 0.3 is 0 Å². The maximum Gasteiger partial charge on any atom is 0.220 e. The lowest BCUT2D eigenvalue weighted by molar-refractivity contribution is -0.124. The molecule has 0 aromatic carbocycles. The van der Waals surface area contributed by atoms with Gasteiger partial charge in [0.2, 0.25) is 5.91 Å². The molecule has 5 heteroatoms. The van der Waals surface area contributed by atoms with Crippen molar-refractivity contribution in [2.24, 2.45) is 17.1 Å². The van der Waals surface area contributed by atoms with Crippen molar-refractivity contribution in [3.8, 4) is 0 Å². The van der Waals surface area contributed by atoms with Crippen LogP contribution in [0.5, 0.6) is 0 Å². The summed E-state index contributed by atoms with van der Waals surface area (Å²) >= 11 is 0. The van der Waals surface area contributed by atoms with Gasteiger partial charge in [0.1, 0.15) is 0 Å². The second-order valence-corrected chi connectivity index (χ2v) is 6.31. The van der Waals surface area contributed by atoms with E-state index in [0.29, 0.717) is 26.1 Å². The Bertz CT molecular complexity index is 290. The van der Waals surface area contributed by atoms with Gasteiger partial charge in [-0.2, -0.15) is 0 Å². The summed E-state index contributed by atoms with van der Waals surface area (Å²) in [6, 6.07) is 0. The van der Waals surface area contributed by atoms with Gasteiger partial charge < -0.3 is 15.8 Å². The first-order chi connectivity index (χ1) is 9.24. The lowest BCUT2D eigenvalue weighted by Crippen LogP contribution is -2.39. The molecule has 0 aromatic rings. The summed E-state index contributed by atoms with van der Waals surface area (Å²) in [6.07, 6.45) is 9.15. The van der Waals surface area contributed by atoms with Crippen molar-refractivity contribution >= 4 is 18.3 Å².